The summed E-state index contributed by atoms with van der Waals surface area (Å²) in [6.45, 7) is 7.63. The molecule has 2 aromatic rings. The quantitative estimate of drug-likeness (QED) is 0.809. The van der Waals surface area contributed by atoms with Crippen LogP contribution in [0.1, 0.15) is 37.9 Å². The van der Waals surface area contributed by atoms with Crippen LogP contribution in [-0.4, -0.2) is 28.9 Å². The van der Waals surface area contributed by atoms with Crippen molar-refractivity contribution in [3.63, 3.8) is 0 Å². The van der Waals surface area contributed by atoms with Gasteiger partial charge >= 0.3 is 6.03 Å². The fraction of sp³-hybridized carbons (Fsp3) is 0.444. The Balaban J connectivity index is 1.90. The SMILES string of the molecule is CCN(CC)c1ccc(CNC(=O)N[C@H](C)c2cnn(C)c2)cc1F. The van der Waals surface area contributed by atoms with Crippen molar-refractivity contribution in [1.29, 1.82) is 0 Å². The largest absolute Gasteiger partial charge is 0.370 e. The summed E-state index contributed by atoms with van der Waals surface area (Å²) in [6, 6.07) is 4.61. The zero-order valence-corrected chi connectivity index (χ0v) is 15.2. The first-order chi connectivity index (χ1) is 11.9. The minimum absolute atomic E-state index is 0.157. The molecule has 1 heterocycles. The molecule has 0 aliphatic heterocycles. The number of carbonyl (C=O) groups is 1. The van der Waals surface area contributed by atoms with Gasteiger partial charge in [0.15, 0.2) is 0 Å². The van der Waals surface area contributed by atoms with Crippen LogP contribution in [0.15, 0.2) is 30.6 Å². The molecule has 0 aliphatic rings. The third-order valence-electron chi connectivity index (χ3n) is 4.14. The van der Waals surface area contributed by atoms with Crippen molar-refractivity contribution < 1.29 is 9.18 Å². The van der Waals surface area contributed by atoms with Gasteiger partial charge < -0.3 is 15.5 Å². The van der Waals surface area contributed by atoms with Crippen molar-refractivity contribution in [2.45, 2.75) is 33.4 Å². The molecule has 2 rings (SSSR count). The highest BCUT2D eigenvalue weighted by atomic mass is 19.1. The summed E-state index contributed by atoms with van der Waals surface area (Å²) in [5, 5.41) is 9.67. The standard InChI is InChI=1S/C18H26FN5O/c1-5-24(6-2)17-8-7-14(9-16(17)19)10-20-18(25)22-13(3)15-11-21-23(4)12-15/h7-9,11-13H,5-6,10H2,1-4H3,(H2,20,22,25)/t13-/m1/s1. The molecule has 0 fully saturated rings. The molecular formula is C18H26FN5O. The third-order valence-corrected chi connectivity index (χ3v) is 4.14. The average molecular weight is 347 g/mol. The van der Waals surface area contributed by atoms with Gasteiger partial charge in [0.05, 0.1) is 17.9 Å². The number of urea groups is 1. The van der Waals surface area contributed by atoms with E-state index in [-0.39, 0.29) is 24.4 Å². The number of hydrogen-bond acceptors (Lipinski definition) is 3. The Morgan fingerprint density at radius 3 is 2.64 bits per heavy atom. The molecule has 0 saturated heterocycles. The van der Waals surface area contributed by atoms with E-state index in [2.05, 4.69) is 15.7 Å². The second-order valence-electron chi connectivity index (χ2n) is 5.95. The number of aromatic nitrogens is 2. The first-order valence-corrected chi connectivity index (χ1v) is 8.50. The van der Waals surface area contributed by atoms with Crippen molar-refractivity contribution in [2.75, 3.05) is 18.0 Å². The minimum Gasteiger partial charge on any atom is -0.370 e. The number of hydrogen-bond donors (Lipinski definition) is 2. The number of nitrogens with zero attached hydrogens (tertiary/aromatic N) is 3. The minimum atomic E-state index is -0.301. The summed E-state index contributed by atoms with van der Waals surface area (Å²) in [6.07, 6.45) is 3.57. The molecule has 1 atom stereocenters. The van der Waals surface area contributed by atoms with Crippen LogP contribution in [0, 0.1) is 5.82 Å². The summed E-state index contributed by atoms with van der Waals surface area (Å²) in [4.78, 5) is 14.0. The second kappa shape index (κ2) is 8.50. The van der Waals surface area contributed by atoms with E-state index < -0.39 is 0 Å². The summed E-state index contributed by atoms with van der Waals surface area (Å²) in [5.74, 6) is -0.271. The molecule has 136 valence electrons. The van der Waals surface area contributed by atoms with Crippen LogP contribution in [0.5, 0.6) is 0 Å². The van der Waals surface area contributed by atoms with Gasteiger partial charge in [-0.2, -0.15) is 5.10 Å². The van der Waals surface area contributed by atoms with Gasteiger partial charge in [0, 0.05) is 38.4 Å². The second-order valence-corrected chi connectivity index (χ2v) is 5.95. The number of carbonyl (C=O) groups excluding carboxylic acids is 1. The number of halogens is 1. The Bertz CT molecular complexity index is 711. The van der Waals surface area contributed by atoms with Crippen LogP contribution in [0.25, 0.3) is 0 Å². The fourth-order valence-electron chi connectivity index (χ4n) is 2.66. The van der Waals surface area contributed by atoms with Crippen LogP contribution < -0.4 is 15.5 Å². The van der Waals surface area contributed by atoms with Gasteiger partial charge in [0.25, 0.3) is 0 Å². The van der Waals surface area contributed by atoms with Crippen molar-refractivity contribution in [1.82, 2.24) is 20.4 Å². The molecule has 7 heteroatoms. The Hall–Kier alpha value is -2.57. The molecule has 0 aliphatic carbocycles. The van der Waals surface area contributed by atoms with Gasteiger partial charge in [-0.3, -0.25) is 4.68 Å². The molecule has 2 amide bonds. The van der Waals surface area contributed by atoms with Crippen molar-refractivity contribution >= 4 is 11.7 Å². The van der Waals surface area contributed by atoms with Gasteiger partial charge in [-0.1, -0.05) is 6.07 Å². The topological polar surface area (TPSA) is 62.2 Å². The smallest absolute Gasteiger partial charge is 0.315 e. The number of benzene rings is 1. The lowest BCUT2D eigenvalue weighted by atomic mass is 10.1. The number of amides is 2. The van der Waals surface area contributed by atoms with Gasteiger partial charge in [-0.25, -0.2) is 9.18 Å². The number of rotatable bonds is 7. The molecule has 1 aromatic carbocycles. The van der Waals surface area contributed by atoms with Crippen LogP contribution in [0.2, 0.25) is 0 Å². The normalized spacial score (nSPS) is 11.9. The molecule has 0 unspecified atom stereocenters. The van der Waals surface area contributed by atoms with Crippen LogP contribution in [-0.2, 0) is 13.6 Å². The summed E-state index contributed by atoms with van der Waals surface area (Å²) < 4.78 is 15.9. The first kappa shape index (κ1) is 18.8. The highest BCUT2D eigenvalue weighted by Crippen LogP contribution is 2.20. The summed E-state index contributed by atoms with van der Waals surface area (Å²) in [5.41, 5.74) is 2.23. The number of nitrogens with one attached hydrogen (secondary N) is 2. The maximum Gasteiger partial charge on any atom is 0.315 e. The maximum absolute atomic E-state index is 14.3. The molecule has 0 spiro atoms. The van der Waals surface area contributed by atoms with Gasteiger partial charge in [-0.15, -0.1) is 0 Å². The average Bonchev–Trinajstić information content (AvgIpc) is 3.02. The van der Waals surface area contributed by atoms with E-state index in [9.17, 15) is 9.18 Å². The van der Waals surface area contributed by atoms with E-state index >= 15 is 0 Å². The van der Waals surface area contributed by atoms with E-state index in [0.717, 1.165) is 24.2 Å². The summed E-state index contributed by atoms with van der Waals surface area (Å²) in [7, 11) is 1.83. The van der Waals surface area contributed by atoms with Gasteiger partial charge in [-0.05, 0) is 38.5 Å². The molecule has 6 nitrogen and oxygen atoms in total. The fourth-order valence-corrected chi connectivity index (χ4v) is 2.66. The molecular weight excluding hydrogens is 321 g/mol. The Morgan fingerprint density at radius 2 is 2.08 bits per heavy atom. The van der Waals surface area contributed by atoms with Gasteiger partial charge in [0.1, 0.15) is 5.82 Å². The zero-order chi connectivity index (χ0) is 18.4. The Morgan fingerprint density at radius 1 is 1.36 bits per heavy atom. The number of aryl methyl sites for hydroxylation is 1. The predicted octanol–water partition coefficient (Wildman–Crippen LogP) is 2.97. The highest BCUT2D eigenvalue weighted by Gasteiger charge is 2.12. The zero-order valence-electron chi connectivity index (χ0n) is 15.2. The lowest BCUT2D eigenvalue weighted by Crippen LogP contribution is -2.36. The van der Waals surface area contributed by atoms with E-state index in [1.165, 1.54) is 6.07 Å². The first-order valence-electron chi connectivity index (χ1n) is 8.50. The highest BCUT2D eigenvalue weighted by molar-refractivity contribution is 5.74. The van der Waals surface area contributed by atoms with Crippen molar-refractivity contribution in [3.05, 3.63) is 47.5 Å². The molecule has 0 bridgehead atoms. The van der Waals surface area contributed by atoms with Crippen molar-refractivity contribution in [2.24, 2.45) is 7.05 Å². The Kier molecular flexibility index (Phi) is 6.38. The molecule has 0 saturated carbocycles. The van der Waals surface area contributed by atoms with E-state index in [1.54, 1.807) is 16.9 Å². The van der Waals surface area contributed by atoms with E-state index in [1.807, 2.05) is 45.0 Å². The molecule has 0 radical (unpaired) electrons. The molecule has 25 heavy (non-hydrogen) atoms. The lowest BCUT2D eigenvalue weighted by Gasteiger charge is -2.22. The maximum atomic E-state index is 14.3. The van der Waals surface area contributed by atoms with Crippen LogP contribution >= 0.6 is 0 Å². The molecule has 1 aromatic heterocycles. The van der Waals surface area contributed by atoms with E-state index in [4.69, 9.17) is 0 Å². The Labute approximate surface area is 148 Å². The summed E-state index contributed by atoms with van der Waals surface area (Å²) >= 11 is 0. The monoisotopic (exact) mass is 347 g/mol. The van der Waals surface area contributed by atoms with Crippen molar-refractivity contribution in [3.8, 4) is 0 Å². The predicted molar refractivity (Wildman–Crippen MR) is 97.0 cm³/mol. The van der Waals surface area contributed by atoms with E-state index in [0.29, 0.717) is 5.69 Å². The number of anilines is 1. The third kappa shape index (κ3) is 4.95. The van der Waals surface area contributed by atoms with Crippen LogP contribution in [0.3, 0.4) is 0 Å². The van der Waals surface area contributed by atoms with Crippen LogP contribution in [0.4, 0.5) is 14.9 Å². The lowest BCUT2D eigenvalue weighted by molar-refractivity contribution is 0.237. The van der Waals surface area contributed by atoms with Gasteiger partial charge in [0.2, 0.25) is 0 Å². The molecule has 2 N–H and O–H groups in total.